The van der Waals surface area contributed by atoms with Gasteiger partial charge in [0.15, 0.2) is 6.10 Å². The van der Waals surface area contributed by atoms with Crippen LogP contribution in [-0.4, -0.2) is 31.5 Å². The topological polar surface area (TPSA) is 58.6 Å². The summed E-state index contributed by atoms with van der Waals surface area (Å²) in [5, 5.41) is 2.89. The van der Waals surface area contributed by atoms with Crippen LogP contribution in [0.25, 0.3) is 0 Å². The number of nitrogens with zero attached hydrogens (tertiary/aromatic N) is 1. The number of nitrogens with one attached hydrogen (secondary N) is 1. The Morgan fingerprint density at radius 3 is 2.86 bits per heavy atom. The number of likely N-dealkylation sites (N-methyl/N-ethyl adjacent to an activating group) is 1. The number of carbonyl (C=O) groups is 2. The van der Waals surface area contributed by atoms with Crippen molar-refractivity contribution in [1.82, 2.24) is 5.32 Å². The maximum Gasteiger partial charge on any atom is 0.267 e. The number of benzene rings is 1. The molecule has 1 unspecified atom stereocenters. The molecule has 0 bridgehead atoms. The van der Waals surface area contributed by atoms with Gasteiger partial charge in [0.2, 0.25) is 0 Å². The van der Waals surface area contributed by atoms with Gasteiger partial charge in [-0.25, -0.2) is 0 Å². The van der Waals surface area contributed by atoms with Gasteiger partial charge < -0.3 is 15.0 Å². The zero-order valence-corrected chi connectivity index (χ0v) is 12.8. The summed E-state index contributed by atoms with van der Waals surface area (Å²) < 4.78 is 5.54. The summed E-state index contributed by atoms with van der Waals surface area (Å²) in [6.45, 7) is 4.52. The molecule has 0 saturated heterocycles. The van der Waals surface area contributed by atoms with Gasteiger partial charge in [0.05, 0.1) is 5.69 Å². The zero-order chi connectivity index (χ0) is 15.4. The van der Waals surface area contributed by atoms with E-state index in [0.717, 1.165) is 19.3 Å². The first-order chi connectivity index (χ1) is 10.0. The Balaban J connectivity index is 2.10. The van der Waals surface area contributed by atoms with Crippen molar-refractivity contribution in [2.45, 2.75) is 39.2 Å². The summed E-state index contributed by atoms with van der Waals surface area (Å²) in [4.78, 5) is 25.5. The molecule has 0 saturated carbocycles. The number of unbranched alkanes of at least 4 members (excludes halogenated alkanes) is 2. The van der Waals surface area contributed by atoms with Gasteiger partial charge in [0, 0.05) is 19.2 Å². The van der Waals surface area contributed by atoms with Crippen LogP contribution in [0.5, 0.6) is 5.75 Å². The lowest BCUT2D eigenvalue weighted by Gasteiger charge is -2.30. The number of hydrogen-bond donors (Lipinski definition) is 1. The van der Waals surface area contributed by atoms with Gasteiger partial charge in [0.25, 0.3) is 11.8 Å². The predicted octanol–water partition coefficient (Wildman–Crippen LogP) is 2.35. The maximum absolute atomic E-state index is 12.1. The lowest BCUT2D eigenvalue weighted by atomic mass is 10.1. The van der Waals surface area contributed by atoms with Gasteiger partial charge in [-0.05, 0) is 31.5 Å². The minimum absolute atomic E-state index is 0.108. The smallest absolute Gasteiger partial charge is 0.267 e. The molecule has 1 aromatic carbocycles. The van der Waals surface area contributed by atoms with E-state index in [1.807, 2.05) is 0 Å². The van der Waals surface area contributed by atoms with Crippen molar-refractivity contribution in [3.05, 3.63) is 23.8 Å². The molecule has 1 aliphatic rings. The second-order valence-electron chi connectivity index (χ2n) is 5.30. The molecule has 114 valence electrons. The molecular formula is C16H22N2O3. The number of anilines is 1. The summed E-state index contributed by atoms with van der Waals surface area (Å²) >= 11 is 0. The molecule has 0 spiro atoms. The zero-order valence-electron chi connectivity index (χ0n) is 12.8. The molecule has 1 atom stereocenters. The summed E-state index contributed by atoms with van der Waals surface area (Å²) in [6.07, 6.45) is 2.72. The van der Waals surface area contributed by atoms with Gasteiger partial charge in [-0.15, -0.1) is 0 Å². The molecule has 0 fully saturated rings. The summed E-state index contributed by atoms with van der Waals surface area (Å²) in [5.74, 6) is 0.406. The fourth-order valence-corrected chi connectivity index (χ4v) is 2.33. The largest absolute Gasteiger partial charge is 0.479 e. The van der Waals surface area contributed by atoms with Crippen LogP contribution in [-0.2, 0) is 4.79 Å². The van der Waals surface area contributed by atoms with Crippen LogP contribution in [0.2, 0.25) is 0 Å². The Morgan fingerprint density at radius 1 is 1.38 bits per heavy atom. The van der Waals surface area contributed by atoms with E-state index in [1.54, 1.807) is 32.2 Å². The van der Waals surface area contributed by atoms with Crippen LogP contribution in [0.1, 0.15) is 43.5 Å². The number of amides is 2. The molecule has 1 aromatic rings. The van der Waals surface area contributed by atoms with E-state index in [1.165, 1.54) is 4.90 Å². The molecule has 0 aromatic heterocycles. The second-order valence-corrected chi connectivity index (χ2v) is 5.30. The first-order valence-electron chi connectivity index (χ1n) is 7.41. The summed E-state index contributed by atoms with van der Waals surface area (Å²) in [5.41, 5.74) is 1.18. The van der Waals surface area contributed by atoms with Crippen LogP contribution in [0.4, 0.5) is 5.69 Å². The van der Waals surface area contributed by atoms with Gasteiger partial charge in [0.1, 0.15) is 5.75 Å². The molecule has 2 rings (SSSR count). The van der Waals surface area contributed by atoms with E-state index in [4.69, 9.17) is 4.74 Å². The van der Waals surface area contributed by atoms with Crippen molar-refractivity contribution in [3.8, 4) is 5.75 Å². The third kappa shape index (κ3) is 3.35. The van der Waals surface area contributed by atoms with Gasteiger partial charge in [-0.2, -0.15) is 0 Å². The minimum Gasteiger partial charge on any atom is -0.479 e. The number of ether oxygens (including phenoxy) is 1. The van der Waals surface area contributed by atoms with Crippen molar-refractivity contribution in [3.63, 3.8) is 0 Å². The van der Waals surface area contributed by atoms with E-state index in [-0.39, 0.29) is 11.8 Å². The lowest BCUT2D eigenvalue weighted by molar-refractivity contribution is -0.125. The number of fused-ring (bicyclic) bond motifs is 1. The SMILES string of the molecule is CCCCCNC(=O)c1ccc2c(c1)N(C)C(=O)C(C)O2. The van der Waals surface area contributed by atoms with Gasteiger partial charge >= 0.3 is 0 Å². The molecule has 0 aliphatic carbocycles. The average Bonchev–Trinajstić information content (AvgIpc) is 2.49. The second kappa shape index (κ2) is 6.61. The van der Waals surface area contributed by atoms with Gasteiger partial charge in [-0.1, -0.05) is 19.8 Å². The van der Waals surface area contributed by atoms with E-state index in [2.05, 4.69) is 12.2 Å². The maximum atomic E-state index is 12.1. The highest BCUT2D eigenvalue weighted by Crippen LogP contribution is 2.33. The number of carbonyl (C=O) groups excluding carboxylic acids is 2. The van der Waals surface area contributed by atoms with Gasteiger partial charge in [-0.3, -0.25) is 9.59 Å². The Kier molecular flexibility index (Phi) is 4.83. The standard InChI is InChI=1S/C16H22N2O3/c1-4-5-6-9-17-15(19)12-7-8-14-13(10-12)18(3)16(20)11(2)21-14/h7-8,10-11H,4-6,9H2,1-3H3,(H,17,19). The quantitative estimate of drug-likeness (QED) is 0.847. The molecule has 0 radical (unpaired) electrons. The highest BCUT2D eigenvalue weighted by atomic mass is 16.5. The van der Waals surface area contributed by atoms with Crippen LogP contribution < -0.4 is 15.0 Å². The molecule has 21 heavy (non-hydrogen) atoms. The first-order valence-corrected chi connectivity index (χ1v) is 7.41. The predicted molar refractivity (Wildman–Crippen MR) is 81.8 cm³/mol. The van der Waals surface area contributed by atoms with Crippen LogP contribution >= 0.6 is 0 Å². The van der Waals surface area contributed by atoms with E-state index < -0.39 is 6.10 Å². The third-order valence-electron chi connectivity index (χ3n) is 3.63. The molecule has 1 N–H and O–H groups in total. The number of hydrogen-bond acceptors (Lipinski definition) is 3. The van der Waals surface area contributed by atoms with Crippen molar-refractivity contribution in [2.24, 2.45) is 0 Å². The highest BCUT2D eigenvalue weighted by Gasteiger charge is 2.29. The van der Waals surface area contributed by atoms with Crippen molar-refractivity contribution < 1.29 is 14.3 Å². The van der Waals surface area contributed by atoms with Crippen LogP contribution in [0, 0.1) is 0 Å². The van der Waals surface area contributed by atoms with E-state index in [0.29, 0.717) is 23.5 Å². The summed E-state index contributed by atoms with van der Waals surface area (Å²) in [7, 11) is 1.70. The summed E-state index contributed by atoms with van der Waals surface area (Å²) in [6, 6.07) is 5.17. The Hall–Kier alpha value is -2.04. The Labute approximate surface area is 125 Å². The lowest BCUT2D eigenvalue weighted by Crippen LogP contribution is -2.42. The van der Waals surface area contributed by atoms with E-state index in [9.17, 15) is 9.59 Å². The third-order valence-corrected chi connectivity index (χ3v) is 3.63. The average molecular weight is 290 g/mol. The van der Waals surface area contributed by atoms with Crippen LogP contribution in [0.3, 0.4) is 0 Å². The molecule has 1 heterocycles. The molecule has 5 heteroatoms. The van der Waals surface area contributed by atoms with Crippen molar-refractivity contribution in [1.29, 1.82) is 0 Å². The Bertz CT molecular complexity index is 542. The fourth-order valence-electron chi connectivity index (χ4n) is 2.33. The normalized spacial score (nSPS) is 17.2. The minimum atomic E-state index is -0.490. The Morgan fingerprint density at radius 2 is 2.14 bits per heavy atom. The fraction of sp³-hybridized carbons (Fsp3) is 0.500. The first kappa shape index (κ1) is 15.4. The highest BCUT2D eigenvalue weighted by molar-refractivity contribution is 6.02. The van der Waals surface area contributed by atoms with E-state index >= 15 is 0 Å². The van der Waals surface area contributed by atoms with Crippen molar-refractivity contribution in [2.75, 3.05) is 18.5 Å². The van der Waals surface area contributed by atoms with Crippen molar-refractivity contribution >= 4 is 17.5 Å². The number of rotatable bonds is 5. The molecule has 1 aliphatic heterocycles. The molecule has 2 amide bonds. The monoisotopic (exact) mass is 290 g/mol. The van der Waals surface area contributed by atoms with Crippen LogP contribution in [0.15, 0.2) is 18.2 Å². The molecular weight excluding hydrogens is 268 g/mol. The molecule has 5 nitrogen and oxygen atoms in total.